The number of likely N-dealkylation sites (N-methyl/N-ethyl adjacent to an activating group) is 1. The molecule has 7 rings (SSSR count). The second-order valence-electron chi connectivity index (χ2n) is 11.2. The molecule has 10 nitrogen and oxygen atoms in total. The van der Waals surface area contributed by atoms with Crippen LogP contribution in [0.5, 0.6) is 5.75 Å². The molecule has 2 N–H and O–H groups in total. The van der Waals surface area contributed by atoms with Gasteiger partial charge in [-0.3, -0.25) is 9.79 Å². The van der Waals surface area contributed by atoms with E-state index >= 15 is 0 Å². The molecule has 2 aliphatic rings. The molecule has 2 aliphatic heterocycles. The molecule has 45 heavy (non-hydrogen) atoms. The molecule has 228 valence electrons. The van der Waals surface area contributed by atoms with Crippen molar-refractivity contribution in [3.8, 4) is 22.6 Å². The van der Waals surface area contributed by atoms with E-state index in [1.165, 1.54) is 23.3 Å². The lowest BCUT2D eigenvalue weighted by Crippen LogP contribution is -2.45. The number of nitrogen functional groups attached to an aromatic ring is 1. The highest BCUT2D eigenvalue weighted by Gasteiger charge is 2.41. The van der Waals surface area contributed by atoms with Crippen molar-refractivity contribution >= 4 is 34.7 Å². The van der Waals surface area contributed by atoms with Crippen LogP contribution in [0.2, 0.25) is 0 Å². The van der Waals surface area contributed by atoms with Crippen molar-refractivity contribution in [2.45, 2.75) is 25.0 Å². The predicted molar refractivity (Wildman–Crippen MR) is 168 cm³/mol. The second kappa shape index (κ2) is 11.6. The number of carbonyl (C=O) groups excluding carboxylic acids is 1. The minimum Gasteiger partial charge on any atom is -0.488 e. The van der Waals surface area contributed by atoms with Crippen LogP contribution in [0.3, 0.4) is 0 Å². The van der Waals surface area contributed by atoms with Crippen molar-refractivity contribution in [2.75, 3.05) is 37.3 Å². The zero-order chi connectivity index (χ0) is 31.1. The van der Waals surface area contributed by atoms with Crippen LogP contribution in [-0.2, 0) is 4.79 Å². The molecule has 4 heterocycles. The number of aromatic nitrogens is 4. The molecule has 4 bridgehead atoms. The zero-order valence-electron chi connectivity index (χ0n) is 24.5. The number of benzene rings is 3. The van der Waals surface area contributed by atoms with Gasteiger partial charge >= 0.3 is 0 Å². The number of anilines is 2. The number of carbonyl (C=O) groups is 1. The van der Waals surface area contributed by atoms with Crippen LogP contribution in [0.1, 0.15) is 18.4 Å². The van der Waals surface area contributed by atoms with E-state index in [1.807, 2.05) is 47.4 Å². The largest absolute Gasteiger partial charge is 0.488 e. The summed E-state index contributed by atoms with van der Waals surface area (Å²) in [5.74, 6) is -0.408. The highest BCUT2D eigenvalue weighted by atomic mass is 19.1. The Kier molecular flexibility index (Phi) is 7.32. The maximum atomic E-state index is 14.7. The van der Waals surface area contributed by atoms with Gasteiger partial charge in [0, 0.05) is 50.1 Å². The number of halogens is 2. The lowest BCUT2D eigenvalue weighted by atomic mass is 9.98. The first-order valence-corrected chi connectivity index (χ1v) is 14.7. The van der Waals surface area contributed by atoms with Gasteiger partial charge in [0.1, 0.15) is 41.5 Å². The molecule has 1 amide bonds. The van der Waals surface area contributed by atoms with E-state index in [-0.39, 0.29) is 17.7 Å². The van der Waals surface area contributed by atoms with Crippen LogP contribution in [-0.4, -0.2) is 75.6 Å². The molecule has 0 spiro atoms. The first-order valence-electron chi connectivity index (χ1n) is 14.7. The van der Waals surface area contributed by atoms with Gasteiger partial charge in [0.05, 0.1) is 18.1 Å². The molecule has 0 saturated carbocycles. The molecule has 0 aliphatic carbocycles. The molecule has 1 saturated heterocycles. The van der Waals surface area contributed by atoms with Crippen LogP contribution in [0.25, 0.3) is 27.8 Å². The number of fused-ring (bicyclic) bond motifs is 7. The summed E-state index contributed by atoms with van der Waals surface area (Å²) in [5.41, 5.74) is 10.1. The van der Waals surface area contributed by atoms with Gasteiger partial charge < -0.3 is 20.3 Å². The van der Waals surface area contributed by atoms with Crippen LogP contribution in [0.4, 0.5) is 20.3 Å². The first kappa shape index (κ1) is 28.4. The normalized spacial score (nSPS) is 18.7. The number of nitrogens with zero attached hydrogens (tertiary/aromatic N) is 7. The number of ether oxygens (including phenoxy) is 1. The third kappa shape index (κ3) is 5.32. The molecule has 12 heteroatoms. The van der Waals surface area contributed by atoms with Gasteiger partial charge in [-0.25, -0.2) is 23.4 Å². The highest BCUT2D eigenvalue weighted by molar-refractivity contribution is 5.96. The zero-order valence-corrected chi connectivity index (χ0v) is 24.5. The number of hydrogen-bond acceptors (Lipinski definition) is 8. The van der Waals surface area contributed by atoms with Crippen molar-refractivity contribution in [1.82, 2.24) is 24.6 Å². The summed E-state index contributed by atoms with van der Waals surface area (Å²) in [5, 5.41) is 4.88. The van der Waals surface area contributed by atoms with E-state index in [2.05, 4.69) is 20.1 Å². The van der Waals surface area contributed by atoms with Gasteiger partial charge in [0.15, 0.2) is 11.5 Å². The molecular weight excluding hydrogens is 578 g/mol. The van der Waals surface area contributed by atoms with Gasteiger partial charge in [-0.15, -0.1) is 0 Å². The maximum absolute atomic E-state index is 14.7. The molecule has 0 radical (unpaired) electrons. The van der Waals surface area contributed by atoms with E-state index in [0.29, 0.717) is 60.8 Å². The average molecular weight is 609 g/mol. The Morgan fingerprint density at radius 3 is 2.78 bits per heavy atom. The third-order valence-electron chi connectivity index (χ3n) is 8.27. The van der Waals surface area contributed by atoms with Gasteiger partial charge in [-0.05, 0) is 47.9 Å². The average Bonchev–Trinajstić information content (AvgIpc) is 3.65. The van der Waals surface area contributed by atoms with Crippen molar-refractivity contribution in [1.29, 1.82) is 0 Å². The number of aliphatic imine (C=N–C) groups is 1. The van der Waals surface area contributed by atoms with Crippen molar-refractivity contribution < 1.29 is 18.3 Å². The standard InChI is InChI=1S/C33H30F2N8O2/c1-41-12-4-11-37-16-25-24(7-3-8-28(25)36)20-5-2-6-22(13-20)45-23-15-30(33(41)44)42(18-23)31-26-17-40-43(32(26)39-19-38-31)29-10-9-21(34)14-27(29)35/h2-3,5-10,13-14,16-17,19,23,30H,4,11-12,15,18,36H2,1H3. The Morgan fingerprint density at radius 1 is 1.04 bits per heavy atom. The van der Waals surface area contributed by atoms with E-state index in [4.69, 9.17) is 10.5 Å². The highest BCUT2D eigenvalue weighted by Crippen LogP contribution is 2.35. The number of amides is 1. The van der Waals surface area contributed by atoms with Crippen molar-refractivity contribution in [3.05, 3.63) is 90.4 Å². The summed E-state index contributed by atoms with van der Waals surface area (Å²) < 4.78 is 36.1. The Labute approximate surface area is 257 Å². The molecule has 1 fully saturated rings. The topological polar surface area (TPSA) is 115 Å². The summed E-state index contributed by atoms with van der Waals surface area (Å²) in [4.78, 5) is 31.1. The lowest BCUT2D eigenvalue weighted by molar-refractivity contribution is -0.131. The first-order chi connectivity index (χ1) is 21.9. The summed E-state index contributed by atoms with van der Waals surface area (Å²) >= 11 is 0. The van der Waals surface area contributed by atoms with Crippen molar-refractivity contribution in [3.63, 3.8) is 0 Å². The maximum Gasteiger partial charge on any atom is 0.245 e. The quantitative estimate of drug-likeness (QED) is 0.290. The summed E-state index contributed by atoms with van der Waals surface area (Å²) in [6.07, 6.45) is 5.43. The van der Waals surface area contributed by atoms with Gasteiger partial charge in [-0.2, -0.15) is 5.10 Å². The molecule has 2 aromatic heterocycles. The van der Waals surface area contributed by atoms with Gasteiger partial charge in [-0.1, -0.05) is 24.3 Å². The minimum atomic E-state index is -0.773. The molecule has 5 aromatic rings. The second-order valence-corrected chi connectivity index (χ2v) is 11.2. The van der Waals surface area contributed by atoms with Crippen LogP contribution in [0.15, 0.2) is 78.2 Å². The monoisotopic (exact) mass is 608 g/mol. The fourth-order valence-corrected chi connectivity index (χ4v) is 6.07. The van der Waals surface area contributed by atoms with Gasteiger partial charge in [0.2, 0.25) is 5.91 Å². The Bertz CT molecular complexity index is 1940. The van der Waals surface area contributed by atoms with Crippen molar-refractivity contribution in [2.24, 2.45) is 4.99 Å². The van der Waals surface area contributed by atoms with E-state index in [0.717, 1.165) is 28.8 Å². The number of rotatable bonds is 2. The van der Waals surface area contributed by atoms with Crippen LogP contribution >= 0.6 is 0 Å². The molecular formula is C33H30F2N8O2. The number of nitrogens with two attached hydrogens (primary N) is 1. The third-order valence-corrected chi connectivity index (χ3v) is 8.27. The van der Waals surface area contributed by atoms with E-state index in [9.17, 15) is 13.6 Å². The summed E-state index contributed by atoms with van der Waals surface area (Å²) in [6.45, 7) is 1.39. The van der Waals surface area contributed by atoms with E-state index < -0.39 is 17.7 Å². The predicted octanol–water partition coefficient (Wildman–Crippen LogP) is 4.65. The van der Waals surface area contributed by atoms with Crippen LogP contribution < -0.4 is 15.4 Å². The fraction of sp³-hybridized carbons (Fsp3) is 0.242. The summed E-state index contributed by atoms with van der Waals surface area (Å²) in [6, 6.07) is 16.3. The minimum absolute atomic E-state index is 0.0503. The van der Waals surface area contributed by atoms with Crippen LogP contribution in [0, 0.1) is 11.6 Å². The lowest BCUT2D eigenvalue weighted by Gasteiger charge is -2.28. The Hall–Kier alpha value is -5.39. The Balaban J connectivity index is 1.27. The van der Waals surface area contributed by atoms with E-state index in [1.54, 1.807) is 18.2 Å². The smallest absolute Gasteiger partial charge is 0.245 e. The molecule has 2 atom stereocenters. The SMILES string of the molecule is CN1CCCN=Cc2c(N)cccc2-c2cccc(c2)OC2CC(C1=O)N(c1ncnc3c1cnn3-c1ccc(F)cc1F)C2. The summed E-state index contributed by atoms with van der Waals surface area (Å²) in [7, 11) is 1.78. The molecule has 2 unspecified atom stereocenters. The number of hydrogen-bond donors (Lipinski definition) is 1. The fourth-order valence-electron chi connectivity index (χ4n) is 6.07. The Morgan fingerprint density at radius 2 is 1.91 bits per heavy atom. The molecule has 3 aromatic carbocycles. The van der Waals surface area contributed by atoms with Gasteiger partial charge in [0.25, 0.3) is 0 Å².